The van der Waals surface area contributed by atoms with Gasteiger partial charge in [0.2, 0.25) is 0 Å². The van der Waals surface area contributed by atoms with Crippen molar-refractivity contribution >= 4 is 11.4 Å². The Hall–Kier alpha value is -2.13. The maximum Gasteiger partial charge on any atom is 0.292 e. The molecule has 6 heteroatoms. The maximum atomic E-state index is 11.1. The molecule has 2 fully saturated rings. The van der Waals surface area contributed by atoms with Crippen molar-refractivity contribution in [1.82, 2.24) is 5.32 Å². The van der Waals surface area contributed by atoms with Crippen LogP contribution in [0.4, 0.5) is 11.4 Å². The van der Waals surface area contributed by atoms with Crippen molar-refractivity contribution in [3.63, 3.8) is 0 Å². The smallest absolute Gasteiger partial charge is 0.292 e. The molecule has 3 rings (SSSR count). The monoisotopic (exact) mass is 258 g/mol. The van der Waals surface area contributed by atoms with E-state index in [-0.39, 0.29) is 10.6 Å². The van der Waals surface area contributed by atoms with Gasteiger partial charge in [-0.05, 0) is 24.0 Å². The van der Waals surface area contributed by atoms with Crippen molar-refractivity contribution in [2.45, 2.75) is 0 Å². The van der Waals surface area contributed by atoms with E-state index in [0.717, 1.165) is 26.2 Å². The second-order valence-corrected chi connectivity index (χ2v) is 5.16. The fourth-order valence-electron chi connectivity index (χ4n) is 3.05. The Morgan fingerprint density at radius 3 is 2.63 bits per heavy atom. The van der Waals surface area contributed by atoms with Crippen LogP contribution in [0.2, 0.25) is 0 Å². The highest BCUT2D eigenvalue weighted by Gasteiger charge is 2.38. The third-order valence-corrected chi connectivity index (χ3v) is 4.03. The fraction of sp³-hybridized carbons (Fsp3) is 0.462. The molecule has 0 radical (unpaired) electrons. The van der Waals surface area contributed by atoms with Crippen molar-refractivity contribution in [3.05, 3.63) is 33.9 Å². The number of nitro benzene ring substituents is 1. The number of nitro groups is 1. The van der Waals surface area contributed by atoms with E-state index in [2.05, 4.69) is 10.2 Å². The molecule has 0 spiro atoms. The minimum atomic E-state index is -0.372. The molecule has 0 saturated carbocycles. The number of hydrogen-bond donors (Lipinski definition) is 1. The van der Waals surface area contributed by atoms with E-state index in [1.54, 1.807) is 6.07 Å². The first-order valence-corrected chi connectivity index (χ1v) is 6.33. The lowest BCUT2D eigenvalue weighted by Gasteiger charge is -2.19. The Balaban J connectivity index is 1.95. The van der Waals surface area contributed by atoms with Crippen LogP contribution in [0.3, 0.4) is 0 Å². The molecule has 1 aromatic carbocycles. The standard InChI is InChI=1S/C13H14N4O2/c14-4-9-1-2-12(17(18)19)13(3-9)16-7-10-5-15-6-11(10)8-16/h1-3,10-11,15H,5-8H2. The number of anilines is 1. The average Bonchev–Trinajstić information content (AvgIpc) is 2.98. The first-order chi connectivity index (χ1) is 9.19. The van der Waals surface area contributed by atoms with Crippen molar-refractivity contribution in [2.75, 3.05) is 31.1 Å². The number of rotatable bonds is 2. The summed E-state index contributed by atoms with van der Waals surface area (Å²) in [7, 11) is 0. The van der Waals surface area contributed by atoms with Gasteiger partial charge in [0.25, 0.3) is 5.69 Å². The van der Waals surface area contributed by atoms with Crippen molar-refractivity contribution in [3.8, 4) is 6.07 Å². The van der Waals surface area contributed by atoms with E-state index in [1.165, 1.54) is 12.1 Å². The summed E-state index contributed by atoms with van der Waals surface area (Å²) >= 11 is 0. The highest BCUT2D eigenvalue weighted by molar-refractivity contribution is 5.66. The number of benzene rings is 1. The second-order valence-electron chi connectivity index (χ2n) is 5.16. The van der Waals surface area contributed by atoms with E-state index in [1.807, 2.05) is 6.07 Å². The van der Waals surface area contributed by atoms with Gasteiger partial charge in [-0.2, -0.15) is 5.26 Å². The molecule has 1 aromatic rings. The predicted octanol–water partition coefficient (Wildman–Crippen LogP) is 1.12. The summed E-state index contributed by atoms with van der Waals surface area (Å²) in [6.45, 7) is 3.61. The minimum absolute atomic E-state index is 0.0898. The minimum Gasteiger partial charge on any atom is -0.365 e. The van der Waals surface area contributed by atoms with Crippen LogP contribution < -0.4 is 10.2 Å². The van der Waals surface area contributed by atoms with Gasteiger partial charge in [-0.15, -0.1) is 0 Å². The van der Waals surface area contributed by atoms with Crippen molar-refractivity contribution in [1.29, 1.82) is 5.26 Å². The Morgan fingerprint density at radius 2 is 2.05 bits per heavy atom. The Kier molecular flexibility index (Phi) is 2.84. The Labute approximate surface area is 110 Å². The summed E-state index contributed by atoms with van der Waals surface area (Å²) in [5.74, 6) is 1.12. The molecule has 0 aliphatic carbocycles. The summed E-state index contributed by atoms with van der Waals surface area (Å²) in [4.78, 5) is 12.8. The first-order valence-electron chi connectivity index (χ1n) is 6.33. The summed E-state index contributed by atoms with van der Waals surface area (Å²) in [5, 5.41) is 23.4. The lowest BCUT2D eigenvalue weighted by molar-refractivity contribution is -0.384. The normalized spacial score (nSPS) is 25.1. The largest absolute Gasteiger partial charge is 0.365 e. The van der Waals surface area contributed by atoms with Gasteiger partial charge in [0, 0.05) is 32.2 Å². The van der Waals surface area contributed by atoms with E-state index < -0.39 is 0 Å². The average molecular weight is 258 g/mol. The number of nitrogens with zero attached hydrogens (tertiary/aromatic N) is 3. The molecule has 2 unspecified atom stereocenters. The van der Waals surface area contributed by atoms with E-state index in [4.69, 9.17) is 5.26 Å². The van der Waals surface area contributed by atoms with E-state index in [0.29, 0.717) is 23.1 Å². The molecule has 19 heavy (non-hydrogen) atoms. The van der Waals surface area contributed by atoms with Crippen LogP contribution in [0, 0.1) is 33.3 Å². The number of fused-ring (bicyclic) bond motifs is 1. The quantitative estimate of drug-likeness (QED) is 0.635. The Bertz CT molecular complexity index is 554. The molecular formula is C13H14N4O2. The van der Waals surface area contributed by atoms with Gasteiger partial charge in [0.05, 0.1) is 16.6 Å². The van der Waals surface area contributed by atoms with Crippen LogP contribution >= 0.6 is 0 Å². The molecule has 2 atom stereocenters. The molecule has 6 nitrogen and oxygen atoms in total. The summed E-state index contributed by atoms with van der Waals surface area (Å²) in [6.07, 6.45) is 0. The third-order valence-electron chi connectivity index (χ3n) is 4.03. The van der Waals surface area contributed by atoms with Gasteiger partial charge in [-0.25, -0.2) is 0 Å². The predicted molar refractivity (Wildman–Crippen MR) is 69.9 cm³/mol. The lowest BCUT2D eigenvalue weighted by atomic mass is 10.0. The van der Waals surface area contributed by atoms with Crippen molar-refractivity contribution < 1.29 is 4.92 Å². The topological polar surface area (TPSA) is 82.2 Å². The molecule has 1 N–H and O–H groups in total. The van der Waals surface area contributed by atoms with Crippen LogP contribution in [0.1, 0.15) is 5.56 Å². The fourth-order valence-corrected chi connectivity index (χ4v) is 3.05. The first kappa shape index (κ1) is 11.9. The summed E-state index contributed by atoms with van der Waals surface area (Å²) < 4.78 is 0. The van der Waals surface area contributed by atoms with Crippen LogP contribution in [-0.2, 0) is 0 Å². The van der Waals surface area contributed by atoms with Gasteiger partial charge in [0.15, 0.2) is 0 Å². The number of hydrogen-bond acceptors (Lipinski definition) is 5. The Morgan fingerprint density at radius 1 is 1.37 bits per heavy atom. The molecule has 2 aliphatic heterocycles. The van der Waals surface area contributed by atoms with E-state index in [9.17, 15) is 10.1 Å². The van der Waals surface area contributed by atoms with Crippen LogP contribution in [0.15, 0.2) is 18.2 Å². The molecule has 0 amide bonds. The maximum absolute atomic E-state index is 11.1. The van der Waals surface area contributed by atoms with Gasteiger partial charge < -0.3 is 10.2 Å². The molecule has 0 aromatic heterocycles. The molecule has 2 aliphatic rings. The van der Waals surface area contributed by atoms with Gasteiger partial charge >= 0.3 is 0 Å². The zero-order chi connectivity index (χ0) is 13.4. The van der Waals surface area contributed by atoms with Gasteiger partial charge in [-0.1, -0.05) is 0 Å². The third kappa shape index (κ3) is 2.02. The van der Waals surface area contributed by atoms with Crippen molar-refractivity contribution in [2.24, 2.45) is 11.8 Å². The number of nitrogens with one attached hydrogen (secondary N) is 1. The number of nitriles is 1. The lowest BCUT2D eigenvalue weighted by Crippen LogP contribution is -2.26. The molecular weight excluding hydrogens is 244 g/mol. The van der Waals surface area contributed by atoms with Crippen LogP contribution in [-0.4, -0.2) is 31.1 Å². The van der Waals surface area contributed by atoms with Gasteiger partial charge in [-0.3, -0.25) is 10.1 Å². The zero-order valence-corrected chi connectivity index (χ0v) is 10.4. The zero-order valence-electron chi connectivity index (χ0n) is 10.4. The highest BCUT2D eigenvalue weighted by Crippen LogP contribution is 2.36. The van der Waals surface area contributed by atoms with Crippen LogP contribution in [0.5, 0.6) is 0 Å². The second kappa shape index (κ2) is 4.52. The van der Waals surface area contributed by atoms with Gasteiger partial charge in [0.1, 0.15) is 5.69 Å². The highest BCUT2D eigenvalue weighted by atomic mass is 16.6. The molecule has 98 valence electrons. The molecule has 0 bridgehead atoms. The SMILES string of the molecule is N#Cc1ccc([N+](=O)[O-])c(N2CC3CNCC3C2)c1. The summed E-state index contributed by atoms with van der Waals surface area (Å²) in [5.41, 5.74) is 1.14. The molecule has 2 saturated heterocycles. The van der Waals surface area contributed by atoms with E-state index >= 15 is 0 Å². The molecule has 2 heterocycles. The summed E-state index contributed by atoms with van der Waals surface area (Å²) in [6, 6.07) is 6.61. The van der Waals surface area contributed by atoms with Crippen LogP contribution in [0.25, 0.3) is 0 Å².